The van der Waals surface area contributed by atoms with Crippen molar-refractivity contribution in [2.75, 3.05) is 5.75 Å². The fourth-order valence-electron chi connectivity index (χ4n) is 0.204. The first kappa shape index (κ1) is 7.52. The van der Waals surface area contributed by atoms with Gasteiger partial charge >= 0.3 is 5.97 Å². The molecular weight excluding hydrogens is 126 g/mol. The van der Waals surface area contributed by atoms with E-state index < -0.39 is 5.97 Å². The van der Waals surface area contributed by atoms with E-state index in [9.17, 15) is 4.79 Å². The molecule has 0 atom stereocenters. The van der Waals surface area contributed by atoms with Crippen LogP contribution in [0.3, 0.4) is 0 Å². The van der Waals surface area contributed by atoms with E-state index in [1.165, 1.54) is 6.08 Å². The first-order chi connectivity index (χ1) is 3.77. The zero-order chi connectivity index (χ0) is 6.41. The van der Waals surface area contributed by atoms with Gasteiger partial charge in [-0.2, -0.15) is 0 Å². The van der Waals surface area contributed by atoms with Gasteiger partial charge in [0.05, 0.1) is 0 Å². The predicted octanol–water partition coefficient (Wildman–Crippen LogP) is 0.234. The van der Waals surface area contributed by atoms with Crippen LogP contribution in [0.2, 0.25) is 0 Å². The largest absolute Gasteiger partial charge is 0.478 e. The van der Waals surface area contributed by atoms with E-state index >= 15 is 0 Å². The highest BCUT2D eigenvalue weighted by atomic mass is 32.2. The molecule has 0 heterocycles. The lowest BCUT2D eigenvalue weighted by Crippen LogP contribution is -1.87. The van der Waals surface area contributed by atoms with E-state index in [0.717, 1.165) is 18.0 Å². The second kappa shape index (κ2) is 4.67. The number of rotatable bonds is 3. The molecule has 0 rings (SSSR count). The van der Waals surface area contributed by atoms with Crippen LogP contribution >= 0.6 is 11.9 Å². The van der Waals surface area contributed by atoms with E-state index in [1.807, 2.05) is 0 Å². The van der Waals surface area contributed by atoms with Crippen LogP contribution in [0.25, 0.3) is 0 Å². The van der Waals surface area contributed by atoms with Crippen molar-refractivity contribution in [2.24, 2.45) is 5.14 Å². The van der Waals surface area contributed by atoms with Crippen LogP contribution in [0.4, 0.5) is 0 Å². The Morgan fingerprint density at radius 1 is 1.88 bits per heavy atom. The van der Waals surface area contributed by atoms with Crippen LogP contribution in [-0.4, -0.2) is 16.8 Å². The maximum atomic E-state index is 9.74. The zero-order valence-corrected chi connectivity index (χ0v) is 5.02. The molecule has 0 unspecified atom stereocenters. The fraction of sp³-hybridized carbons (Fsp3) is 0.250. The first-order valence-corrected chi connectivity index (χ1v) is 3.03. The highest BCUT2D eigenvalue weighted by Gasteiger charge is 1.81. The second-order valence-corrected chi connectivity index (χ2v) is 1.74. The molecule has 0 aliphatic rings. The quantitative estimate of drug-likeness (QED) is 0.427. The molecule has 0 spiro atoms. The minimum absolute atomic E-state index is 0.548. The molecule has 0 saturated heterocycles. The minimum atomic E-state index is -0.931. The Hall–Kier alpha value is -0.480. The van der Waals surface area contributed by atoms with Crippen LogP contribution in [0.5, 0.6) is 0 Å². The van der Waals surface area contributed by atoms with Crippen molar-refractivity contribution in [1.29, 1.82) is 0 Å². The van der Waals surface area contributed by atoms with Crippen molar-refractivity contribution in [3.8, 4) is 0 Å². The summed E-state index contributed by atoms with van der Waals surface area (Å²) in [7, 11) is 0. The Morgan fingerprint density at radius 3 is 2.88 bits per heavy atom. The van der Waals surface area contributed by atoms with Gasteiger partial charge in [-0.3, -0.25) is 5.14 Å². The molecule has 0 fully saturated rings. The molecule has 46 valence electrons. The molecule has 3 N–H and O–H groups in total. The van der Waals surface area contributed by atoms with Gasteiger partial charge in [0.25, 0.3) is 0 Å². The van der Waals surface area contributed by atoms with Gasteiger partial charge < -0.3 is 5.11 Å². The molecule has 4 heteroatoms. The number of carboxylic acids is 1. The molecule has 0 aromatic rings. The monoisotopic (exact) mass is 133 g/mol. The van der Waals surface area contributed by atoms with Crippen molar-refractivity contribution >= 4 is 17.9 Å². The summed E-state index contributed by atoms with van der Waals surface area (Å²) >= 11 is 1.09. The minimum Gasteiger partial charge on any atom is -0.478 e. The molecule has 0 amide bonds. The molecule has 0 aromatic heterocycles. The van der Waals surface area contributed by atoms with Gasteiger partial charge in [0.1, 0.15) is 0 Å². The Kier molecular flexibility index (Phi) is 4.39. The summed E-state index contributed by atoms with van der Waals surface area (Å²) in [4.78, 5) is 9.74. The van der Waals surface area contributed by atoms with Crippen molar-refractivity contribution in [1.82, 2.24) is 0 Å². The van der Waals surface area contributed by atoms with Gasteiger partial charge in [0.2, 0.25) is 0 Å². The molecule has 0 aliphatic heterocycles. The topological polar surface area (TPSA) is 63.3 Å². The van der Waals surface area contributed by atoms with Gasteiger partial charge in [-0.15, -0.1) is 0 Å². The molecule has 0 bridgehead atoms. The Bertz CT molecular complexity index is 102. The van der Waals surface area contributed by atoms with Gasteiger partial charge in [-0.25, -0.2) is 4.79 Å². The van der Waals surface area contributed by atoms with Crippen molar-refractivity contribution in [3.05, 3.63) is 12.2 Å². The third kappa shape index (κ3) is 5.52. The summed E-state index contributed by atoms with van der Waals surface area (Å²) in [6, 6.07) is 0. The SMILES string of the molecule is NSCC=CC(=O)O. The summed E-state index contributed by atoms with van der Waals surface area (Å²) in [6.07, 6.45) is 2.56. The van der Waals surface area contributed by atoms with Crippen LogP contribution in [0, 0.1) is 0 Å². The van der Waals surface area contributed by atoms with Crippen molar-refractivity contribution in [3.63, 3.8) is 0 Å². The van der Waals surface area contributed by atoms with Crippen LogP contribution < -0.4 is 5.14 Å². The number of aliphatic carboxylic acids is 1. The maximum absolute atomic E-state index is 9.74. The summed E-state index contributed by atoms with van der Waals surface area (Å²) in [5, 5.41) is 13.0. The van der Waals surface area contributed by atoms with Gasteiger partial charge in [0, 0.05) is 11.8 Å². The van der Waals surface area contributed by atoms with Crippen LogP contribution in [0.1, 0.15) is 0 Å². The summed E-state index contributed by atoms with van der Waals surface area (Å²) in [5.41, 5.74) is 0. The highest BCUT2D eigenvalue weighted by molar-refractivity contribution is 7.97. The van der Waals surface area contributed by atoms with E-state index in [-0.39, 0.29) is 0 Å². The summed E-state index contributed by atoms with van der Waals surface area (Å²) < 4.78 is 0. The lowest BCUT2D eigenvalue weighted by Gasteiger charge is -1.79. The van der Waals surface area contributed by atoms with Gasteiger partial charge in [-0.05, 0) is 0 Å². The average Bonchev–Trinajstić information content (AvgIpc) is 1.66. The van der Waals surface area contributed by atoms with Crippen molar-refractivity contribution < 1.29 is 9.90 Å². The normalized spacial score (nSPS) is 10.1. The molecule has 0 aromatic carbocycles. The molecule has 0 radical (unpaired) electrons. The molecule has 0 saturated carbocycles. The number of hydrogen-bond donors (Lipinski definition) is 2. The lowest BCUT2D eigenvalue weighted by atomic mass is 10.5. The van der Waals surface area contributed by atoms with Crippen LogP contribution in [-0.2, 0) is 4.79 Å². The predicted molar refractivity (Wildman–Crippen MR) is 33.4 cm³/mol. The summed E-state index contributed by atoms with van der Waals surface area (Å²) in [6.45, 7) is 0. The second-order valence-electron chi connectivity index (χ2n) is 1.07. The molecular formula is C4H7NO2S. The molecule has 0 aliphatic carbocycles. The van der Waals surface area contributed by atoms with E-state index in [1.54, 1.807) is 0 Å². The van der Waals surface area contributed by atoms with E-state index in [0.29, 0.717) is 5.75 Å². The third-order valence-corrected chi connectivity index (χ3v) is 0.838. The van der Waals surface area contributed by atoms with Gasteiger partial charge in [0.15, 0.2) is 0 Å². The van der Waals surface area contributed by atoms with Crippen LogP contribution in [0.15, 0.2) is 12.2 Å². The molecule has 3 nitrogen and oxygen atoms in total. The number of nitrogens with two attached hydrogens (primary N) is 1. The number of hydrogen-bond acceptors (Lipinski definition) is 3. The fourth-order valence-corrected chi connectivity index (χ4v) is 0.412. The average molecular weight is 133 g/mol. The van der Waals surface area contributed by atoms with E-state index in [2.05, 4.69) is 0 Å². The summed E-state index contributed by atoms with van der Waals surface area (Å²) in [5.74, 6) is -0.384. The van der Waals surface area contributed by atoms with E-state index in [4.69, 9.17) is 10.2 Å². The molecule has 8 heavy (non-hydrogen) atoms. The lowest BCUT2D eigenvalue weighted by molar-refractivity contribution is -0.131. The van der Waals surface area contributed by atoms with Crippen molar-refractivity contribution in [2.45, 2.75) is 0 Å². The number of carbonyl (C=O) groups is 1. The highest BCUT2D eigenvalue weighted by Crippen LogP contribution is 1.84. The van der Waals surface area contributed by atoms with Gasteiger partial charge in [-0.1, -0.05) is 18.0 Å². The Morgan fingerprint density at radius 2 is 2.50 bits per heavy atom. The smallest absolute Gasteiger partial charge is 0.328 e. The first-order valence-electron chi connectivity index (χ1n) is 1.98. The Balaban J connectivity index is 3.20. The number of carboxylic acid groups (broad SMARTS) is 1. The standard InChI is InChI=1S/C4H7NO2S/c5-8-3-1-2-4(6)7/h1-2H,3,5H2,(H,6,7). The zero-order valence-electron chi connectivity index (χ0n) is 4.20. The third-order valence-electron chi connectivity index (χ3n) is 0.453. The Labute approximate surface area is 51.7 Å². The maximum Gasteiger partial charge on any atom is 0.328 e.